The molecule has 0 aromatic carbocycles. The van der Waals surface area contributed by atoms with E-state index in [-0.39, 0.29) is 6.54 Å². The lowest BCUT2D eigenvalue weighted by atomic mass is 10.0. The average Bonchev–Trinajstić information content (AvgIpc) is 2.71. The average molecular weight is 435 g/mol. The molecule has 6 heteroatoms. The maximum Gasteiger partial charge on any atom is 0.131 e. The van der Waals surface area contributed by atoms with Crippen LogP contribution in [0.5, 0.6) is 0 Å². The second-order valence-corrected chi connectivity index (χ2v) is 9.74. The fraction of sp³-hybridized carbons (Fsp3) is 1.00. The Kier molecular flexibility index (Phi) is 18.2. The Bertz CT molecular complexity index is 381. The summed E-state index contributed by atoms with van der Waals surface area (Å²) in [4.78, 5) is 0. The molecule has 4 unspecified atom stereocenters. The van der Waals surface area contributed by atoms with Gasteiger partial charge in [-0.1, -0.05) is 84.0 Å². The smallest absolute Gasteiger partial charge is 0.131 e. The van der Waals surface area contributed by atoms with Crippen molar-refractivity contribution in [1.82, 2.24) is 0 Å². The van der Waals surface area contributed by atoms with Crippen LogP contribution >= 0.6 is 0 Å². The van der Waals surface area contributed by atoms with E-state index < -0.39 is 31.0 Å². The third kappa shape index (κ3) is 15.5. The van der Waals surface area contributed by atoms with Crippen LogP contribution in [0.3, 0.4) is 0 Å². The number of quaternary nitrogens is 1. The van der Waals surface area contributed by atoms with Gasteiger partial charge in [0.2, 0.25) is 0 Å². The van der Waals surface area contributed by atoms with Gasteiger partial charge in [-0.15, -0.1) is 0 Å². The fourth-order valence-corrected chi connectivity index (χ4v) is 4.00. The van der Waals surface area contributed by atoms with E-state index in [9.17, 15) is 20.4 Å². The molecule has 0 rings (SSSR count). The van der Waals surface area contributed by atoms with Gasteiger partial charge in [-0.3, -0.25) is 0 Å². The second kappa shape index (κ2) is 18.3. The molecule has 0 aliphatic carbocycles. The molecule has 0 radical (unpaired) electrons. The van der Waals surface area contributed by atoms with Gasteiger partial charge in [0.15, 0.2) is 0 Å². The number of unbranched alkanes of at least 4 members (excludes halogenated alkanes) is 13. The molecule has 4 atom stereocenters. The maximum atomic E-state index is 10.2. The minimum atomic E-state index is -1.55. The molecule has 0 aromatic heterocycles. The number of nitrogens with zero attached hydrogens (tertiary/aromatic N) is 1. The third-order valence-corrected chi connectivity index (χ3v) is 6.12. The van der Waals surface area contributed by atoms with Crippen molar-refractivity contribution in [3.05, 3.63) is 0 Å². The molecule has 0 saturated heterocycles. The number of hydrogen-bond donors (Lipinski definition) is 5. The molecule has 30 heavy (non-hydrogen) atoms. The summed E-state index contributed by atoms with van der Waals surface area (Å²) in [5.41, 5.74) is 0. The summed E-state index contributed by atoms with van der Waals surface area (Å²) in [5.74, 6) is 0. The molecule has 182 valence electrons. The molecule has 0 aliphatic rings. The topological polar surface area (TPSA) is 101 Å². The Hall–Kier alpha value is -0.240. The quantitative estimate of drug-likeness (QED) is 0.141. The highest BCUT2D eigenvalue weighted by Gasteiger charge is 2.33. The summed E-state index contributed by atoms with van der Waals surface area (Å²) < 4.78 is 0.540. The van der Waals surface area contributed by atoms with Crippen LogP contribution in [-0.2, 0) is 0 Å². The molecule has 0 amide bonds. The van der Waals surface area contributed by atoms with E-state index in [0.29, 0.717) is 4.48 Å². The molecule has 5 N–H and O–H groups in total. The van der Waals surface area contributed by atoms with E-state index >= 15 is 0 Å². The monoisotopic (exact) mass is 434 g/mol. The van der Waals surface area contributed by atoms with Crippen LogP contribution in [0.4, 0.5) is 0 Å². The van der Waals surface area contributed by atoms with Gasteiger partial charge in [-0.05, 0) is 12.8 Å². The van der Waals surface area contributed by atoms with Crippen LogP contribution in [0.1, 0.15) is 96.8 Å². The Morgan fingerprint density at radius 1 is 0.567 bits per heavy atom. The summed E-state index contributed by atoms with van der Waals surface area (Å²) in [7, 11) is 3.99. The highest BCUT2D eigenvalue weighted by Crippen LogP contribution is 2.14. The molecule has 0 bridgehead atoms. The van der Waals surface area contributed by atoms with E-state index in [0.717, 1.165) is 13.0 Å². The standard InChI is InChI=1S/C24H52NO5/c1-4-5-6-7-8-9-10-11-12-13-14-15-16-17-18-25(2,3)19-21(27)23(29)24(30)22(28)20-26/h21-24,26-30H,4-20H2,1-3H3/q+1. The van der Waals surface area contributed by atoms with Crippen LogP contribution in [0, 0.1) is 0 Å². The van der Waals surface area contributed by atoms with Crippen molar-refractivity contribution in [1.29, 1.82) is 0 Å². The zero-order valence-corrected chi connectivity index (χ0v) is 20.0. The molecule has 0 aliphatic heterocycles. The summed E-state index contributed by atoms with van der Waals surface area (Å²) in [6, 6.07) is 0. The predicted molar refractivity (Wildman–Crippen MR) is 123 cm³/mol. The Labute approximate surface area is 185 Å². The summed E-state index contributed by atoms with van der Waals surface area (Å²) in [6.07, 6.45) is 12.9. The summed E-state index contributed by atoms with van der Waals surface area (Å²) in [6.45, 7) is 2.79. The second-order valence-electron chi connectivity index (χ2n) is 9.74. The van der Waals surface area contributed by atoms with Gasteiger partial charge in [-0.25, -0.2) is 0 Å². The Morgan fingerprint density at radius 2 is 0.933 bits per heavy atom. The zero-order chi connectivity index (χ0) is 22.8. The number of aliphatic hydroxyl groups excluding tert-OH is 5. The highest BCUT2D eigenvalue weighted by molar-refractivity contribution is 4.80. The molecule has 0 spiro atoms. The first-order valence-electron chi connectivity index (χ1n) is 12.4. The summed E-state index contributed by atoms with van der Waals surface area (Å²) in [5, 5.41) is 48.1. The minimum absolute atomic E-state index is 0.287. The molecular weight excluding hydrogens is 382 g/mol. The first-order valence-corrected chi connectivity index (χ1v) is 12.4. The molecule has 6 nitrogen and oxygen atoms in total. The first kappa shape index (κ1) is 29.8. The van der Waals surface area contributed by atoms with Gasteiger partial charge in [0.05, 0.1) is 27.2 Å². The molecule has 0 heterocycles. The van der Waals surface area contributed by atoms with Crippen molar-refractivity contribution in [2.24, 2.45) is 0 Å². The molecular formula is C24H52NO5+. The SMILES string of the molecule is CCCCCCCCCCCCCCCC[N+](C)(C)CC(O)C(O)C(O)C(O)CO. The van der Waals surface area contributed by atoms with Crippen LogP contribution in [0.25, 0.3) is 0 Å². The highest BCUT2D eigenvalue weighted by atomic mass is 16.4. The fourth-order valence-electron chi connectivity index (χ4n) is 4.00. The maximum absolute atomic E-state index is 10.2. The van der Waals surface area contributed by atoms with Crippen molar-refractivity contribution >= 4 is 0 Å². The normalized spacial score (nSPS) is 16.4. The Morgan fingerprint density at radius 3 is 1.33 bits per heavy atom. The van der Waals surface area contributed by atoms with Gasteiger partial charge < -0.3 is 30.0 Å². The lowest BCUT2D eigenvalue weighted by Gasteiger charge is -2.34. The van der Waals surface area contributed by atoms with Gasteiger partial charge >= 0.3 is 0 Å². The number of rotatable bonds is 21. The van der Waals surface area contributed by atoms with Crippen molar-refractivity contribution in [2.45, 2.75) is 121 Å². The molecule has 0 saturated carbocycles. The van der Waals surface area contributed by atoms with E-state index in [1.54, 1.807) is 0 Å². The van der Waals surface area contributed by atoms with E-state index in [4.69, 9.17) is 5.11 Å². The van der Waals surface area contributed by atoms with E-state index in [1.165, 1.54) is 83.5 Å². The lowest BCUT2D eigenvalue weighted by Crippen LogP contribution is -2.54. The number of likely N-dealkylation sites (N-methyl/N-ethyl adjacent to an activating group) is 1. The number of hydrogen-bond acceptors (Lipinski definition) is 5. The van der Waals surface area contributed by atoms with Crippen LogP contribution in [0.15, 0.2) is 0 Å². The van der Waals surface area contributed by atoms with Crippen molar-refractivity contribution in [3.8, 4) is 0 Å². The van der Waals surface area contributed by atoms with Gasteiger partial charge in [0.25, 0.3) is 0 Å². The zero-order valence-electron chi connectivity index (χ0n) is 20.0. The van der Waals surface area contributed by atoms with E-state index in [2.05, 4.69) is 6.92 Å². The lowest BCUT2D eigenvalue weighted by molar-refractivity contribution is -0.894. The van der Waals surface area contributed by atoms with Crippen molar-refractivity contribution in [2.75, 3.05) is 33.8 Å². The molecule has 0 fully saturated rings. The van der Waals surface area contributed by atoms with Gasteiger partial charge in [-0.2, -0.15) is 0 Å². The van der Waals surface area contributed by atoms with Crippen molar-refractivity contribution in [3.63, 3.8) is 0 Å². The van der Waals surface area contributed by atoms with Crippen LogP contribution < -0.4 is 0 Å². The largest absolute Gasteiger partial charge is 0.394 e. The van der Waals surface area contributed by atoms with E-state index in [1.807, 2.05) is 14.1 Å². The van der Waals surface area contributed by atoms with Gasteiger partial charge in [0, 0.05) is 0 Å². The van der Waals surface area contributed by atoms with Crippen LogP contribution in [0.2, 0.25) is 0 Å². The minimum Gasteiger partial charge on any atom is -0.394 e. The molecule has 0 aromatic rings. The predicted octanol–water partition coefficient (Wildman–Crippen LogP) is 2.98. The summed E-state index contributed by atoms with van der Waals surface area (Å²) >= 11 is 0. The van der Waals surface area contributed by atoms with Crippen LogP contribution in [-0.4, -0.2) is 88.2 Å². The third-order valence-electron chi connectivity index (χ3n) is 6.12. The van der Waals surface area contributed by atoms with Gasteiger partial charge in [0.1, 0.15) is 31.0 Å². The first-order chi connectivity index (χ1) is 14.2. The number of aliphatic hydroxyl groups is 5. The Balaban J connectivity index is 3.68. The van der Waals surface area contributed by atoms with Crippen molar-refractivity contribution < 1.29 is 30.0 Å².